The van der Waals surface area contributed by atoms with Gasteiger partial charge in [0.25, 0.3) is 0 Å². The molecule has 2 aromatic rings. The molecule has 0 aliphatic rings. The molecule has 0 aliphatic carbocycles. The first-order valence-corrected chi connectivity index (χ1v) is 6.63. The summed E-state index contributed by atoms with van der Waals surface area (Å²) in [7, 11) is 0. The van der Waals surface area contributed by atoms with Crippen molar-refractivity contribution in [2.45, 2.75) is 39.2 Å². The summed E-state index contributed by atoms with van der Waals surface area (Å²) in [6.45, 7) is 6.53. The Labute approximate surface area is 113 Å². The summed E-state index contributed by atoms with van der Waals surface area (Å²) < 4.78 is 0. The number of hydrazine groups is 1. The Balaban J connectivity index is 2.51. The molecule has 1 aromatic carbocycles. The Morgan fingerprint density at radius 1 is 1.16 bits per heavy atom. The van der Waals surface area contributed by atoms with Gasteiger partial charge in [-0.1, -0.05) is 26.0 Å². The van der Waals surface area contributed by atoms with E-state index in [4.69, 9.17) is 5.84 Å². The quantitative estimate of drug-likeness (QED) is 0.568. The molecule has 19 heavy (non-hydrogen) atoms. The average Bonchev–Trinajstić information content (AvgIpc) is 2.46. The van der Waals surface area contributed by atoms with E-state index in [2.05, 4.69) is 41.5 Å². The highest BCUT2D eigenvalue weighted by Gasteiger charge is 2.21. The van der Waals surface area contributed by atoms with Gasteiger partial charge in [0.1, 0.15) is 5.82 Å². The molecule has 0 saturated heterocycles. The molecule has 1 aromatic heterocycles. The van der Waals surface area contributed by atoms with Crippen LogP contribution in [0, 0.1) is 0 Å². The molecule has 5 heteroatoms. The third kappa shape index (κ3) is 2.76. The fourth-order valence-electron chi connectivity index (χ4n) is 1.95. The van der Waals surface area contributed by atoms with Gasteiger partial charge in [-0.25, -0.2) is 10.8 Å². The van der Waals surface area contributed by atoms with E-state index in [1.54, 1.807) is 0 Å². The van der Waals surface area contributed by atoms with Crippen LogP contribution in [0.3, 0.4) is 0 Å². The maximum absolute atomic E-state index is 5.44. The van der Waals surface area contributed by atoms with Gasteiger partial charge in [-0.15, -0.1) is 0 Å². The molecule has 0 amide bonds. The Kier molecular flexibility index (Phi) is 3.85. The van der Waals surface area contributed by atoms with E-state index < -0.39 is 0 Å². The molecule has 0 aliphatic heterocycles. The van der Waals surface area contributed by atoms with Crippen LogP contribution in [0.2, 0.25) is 0 Å². The maximum Gasteiger partial charge on any atom is 0.239 e. The smallest absolute Gasteiger partial charge is 0.239 e. The molecule has 0 atom stereocenters. The topological polar surface area (TPSA) is 75.9 Å². The third-order valence-electron chi connectivity index (χ3n) is 3.71. The SMILES string of the molecule is CCC(C)(CC)Nc1nc(NN)nc2ccccc12. The van der Waals surface area contributed by atoms with Crippen LogP contribution in [0.5, 0.6) is 0 Å². The van der Waals surface area contributed by atoms with Crippen molar-refractivity contribution in [3.63, 3.8) is 0 Å². The molecule has 2 rings (SSSR count). The van der Waals surface area contributed by atoms with Crippen LogP contribution < -0.4 is 16.6 Å². The highest BCUT2D eigenvalue weighted by molar-refractivity contribution is 5.90. The summed E-state index contributed by atoms with van der Waals surface area (Å²) in [5.41, 5.74) is 3.41. The molecular weight excluding hydrogens is 238 g/mol. The lowest BCUT2D eigenvalue weighted by Gasteiger charge is -2.29. The zero-order chi connectivity index (χ0) is 13.9. The minimum Gasteiger partial charge on any atom is -0.364 e. The number of fused-ring (bicyclic) bond motifs is 1. The van der Waals surface area contributed by atoms with Crippen LogP contribution in [0.4, 0.5) is 11.8 Å². The summed E-state index contributed by atoms with van der Waals surface area (Å²) in [5.74, 6) is 6.69. The number of aromatic nitrogens is 2. The van der Waals surface area contributed by atoms with Crippen molar-refractivity contribution in [1.29, 1.82) is 0 Å². The molecule has 0 bridgehead atoms. The second-order valence-electron chi connectivity index (χ2n) is 4.95. The number of nitrogens with zero attached hydrogens (tertiary/aromatic N) is 2. The predicted molar refractivity (Wildman–Crippen MR) is 80.0 cm³/mol. The van der Waals surface area contributed by atoms with Gasteiger partial charge >= 0.3 is 0 Å². The fourth-order valence-corrected chi connectivity index (χ4v) is 1.95. The summed E-state index contributed by atoms with van der Waals surface area (Å²) in [6, 6.07) is 7.92. The third-order valence-corrected chi connectivity index (χ3v) is 3.71. The molecule has 5 nitrogen and oxygen atoms in total. The van der Waals surface area contributed by atoms with Crippen molar-refractivity contribution >= 4 is 22.7 Å². The normalized spacial score (nSPS) is 11.6. The van der Waals surface area contributed by atoms with Crippen LogP contribution in [0.15, 0.2) is 24.3 Å². The van der Waals surface area contributed by atoms with E-state index in [0.29, 0.717) is 5.95 Å². The zero-order valence-electron chi connectivity index (χ0n) is 11.7. The minimum absolute atomic E-state index is 0.0169. The number of hydrogen-bond acceptors (Lipinski definition) is 5. The van der Waals surface area contributed by atoms with Crippen molar-refractivity contribution in [3.8, 4) is 0 Å². The number of nitrogens with two attached hydrogens (primary N) is 1. The van der Waals surface area contributed by atoms with E-state index in [1.165, 1.54) is 0 Å². The Morgan fingerprint density at radius 2 is 1.84 bits per heavy atom. The van der Waals surface area contributed by atoms with Crippen LogP contribution in [-0.2, 0) is 0 Å². The highest BCUT2D eigenvalue weighted by atomic mass is 15.3. The lowest BCUT2D eigenvalue weighted by Crippen LogP contribution is -2.33. The zero-order valence-corrected chi connectivity index (χ0v) is 11.7. The van der Waals surface area contributed by atoms with Crippen molar-refractivity contribution in [2.24, 2.45) is 5.84 Å². The molecular formula is C14H21N5. The number of anilines is 2. The standard InChI is InChI=1S/C14H21N5/c1-4-14(3,5-2)18-12-10-8-6-7-9-11(10)16-13(17-12)19-15/h6-9H,4-5,15H2,1-3H3,(H2,16,17,18,19). The van der Waals surface area contributed by atoms with Gasteiger partial charge in [0.15, 0.2) is 0 Å². The molecule has 0 fully saturated rings. The van der Waals surface area contributed by atoms with Gasteiger partial charge in [0.05, 0.1) is 5.52 Å². The summed E-state index contributed by atoms with van der Waals surface area (Å²) >= 11 is 0. The van der Waals surface area contributed by atoms with Crippen LogP contribution in [-0.4, -0.2) is 15.5 Å². The van der Waals surface area contributed by atoms with E-state index in [0.717, 1.165) is 29.6 Å². The highest BCUT2D eigenvalue weighted by Crippen LogP contribution is 2.27. The largest absolute Gasteiger partial charge is 0.364 e. The second-order valence-corrected chi connectivity index (χ2v) is 4.95. The van der Waals surface area contributed by atoms with E-state index >= 15 is 0 Å². The second kappa shape index (κ2) is 5.40. The van der Waals surface area contributed by atoms with Crippen LogP contribution >= 0.6 is 0 Å². The van der Waals surface area contributed by atoms with E-state index in [-0.39, 0.29) is 5.54 Å². The molecule has 1 heterocycles. The Morgan fingerprint density at radius 3 is 2.47 bits per heavy atom. The number of rotatable bonds is 5. The number of nitrogens with one attached hydrogen (secondary N) is 2. The molecule has 102 valence electrons. The van der Waals surface area contributed by atoms with Gasteiger partial charge in [0.2, 0.25) is 5.95 Å². The molecule has 0 spiro atoms. The predicted octanol–water partition coefficient (Wildman–Crippen LogP) is 2.91. The van der Waals surface area contributed by atoms with Crippen LogP contribution in [0.1, 0.15) is 33.6 Å². The van der Waals surface area contributed by atoms with E-state index in [1.807, 2.05) is 24.3 Å². The minimum atomic E-state index is 0.0169. The van der Waals surface area contributed by atoms with E-state index in [9.17, 15) is 0 Å². The lowest BCUT2D eigenvalue weighted by molar-refractivity contribution is 0.477. The Bertz CT molecular complexity index is 563. The number of nitrogen functional groups attached to an aromatic ring is 1. The maximum atomic E-state index is 5.44. The molecule has 0 unspecified atom stereocenters. The van der Waals surface area contributed by atoms with Crippen molar-refractivity contribution in [2.75, 3.05) is 10.7 Å². The summed E-state index contributed by atoms with van der Waals surface area (Å²) in [5, 5.41) is 4.53. The lowest BCUT2D eigenvalue weighted by atomic mass is 9.95. The fraction of sp³-hybridized carbons (Fsp3) is 0.429. The first kappa shape index (κ1) is 13.5. The van der Waals surface area contributed by atoms with Gasteiger partial charge in [0, 0.05) is 10.9 Å². The Hall–Kier alpha value is -1.88. The summed E-state index contributed by atoms with van der Waals surface area (Å²) in [4.78, 5) is 8.79. The molecule has 0 radical (unpaired) electrons. The van der Waals surface area contributed by atoms with Crippen molar-refractivity contribution in [1.82, 2.24) is 9.97 Å². The molecule has 4 N–H and O–H groups in total. The van der Waals surface area contributed by atoms with Crippen LogP contribution in [0.25, 0.3) is 10.9 Å². The van der Waals surface area contributed by atoms with Gasteiger partial charge in [-0.2, -0.15) is 4.98 Å². The molecule has 0 saturated carbocycles. The first-order chi connectivity index (χ1) is 9.11. The van der Waals surface area contributed by atoms with Gasteiger partial charge in [-0.05, 0) is 31.9 Å². The van der Waals surface area contributed by atoms with Crippen molar-refractivity contribution < 1.29 is 0 Å². The average molecular weight is 259 g/mol. The summed E-state index contributed by atoms with van der Waals surface area (Å²) in [6.07, 6.45) is 2.04. The number of para-hydroxylation sites is 1. The van der Waals surface area contributed by atoms with Crippen molar-refractivity contribution in [3.05, 3.63) is 24.3 Å². The monoisotopic (exact) mass is 259 g/mol. The van der Waals surface area contributed by atoms with Gasteiger partial charge in [-0.3, -0.25) is 5.43 Å². The number of hydrogen-bond donors (Lipinski definition) is 3. The number of benzene rings is 1. The first-order valence-electron chi connectivity index (χ1n) is 6.63. The van der Waals surface area contributed by atoms with Gasteiger partial charge < -0.3 is 5.32 Å².